The van der Waals surface area contributed by atoms with Crippen LogP contribution in [0.1, 0.15) is 36.0 Å². The van der Waals surface area contributed by atoms with Crippen molar-refractivity contribution in [3.8, 4) is 17.3 Å². The van der Waals surface area contributed by atoms with Crippen molar-refractivity contribution in [3.63, 3.8) is 0 Å². The van der Waals surface area contributed by atoms with E-state index in [4.69, 9.17) is 9.26 Å². The van der Waals surface area contributed by atoms with Crippen LogP contribution in [0, 0.1) is 0 Å². The molecule has 27 heavy (non-hydrogen) atoms. The molecule has 7 heteroatoms. The van der Waals surface area contributed by atoms with E-state index in [9.17, 15) is 4.79 Å². The number of pyridine rings is 1. The average Bonchev–Trinajstić information content (AvgIpc) is 3.11. The second kappa shape index (κ2) is 7.19. The van der Waals surface area contributed by atoms with E-state index in [0.717, 1.165) is 5.75 Å². The van der Waals surface area contributed by atoms with Gasteiger partial charge in [0.25, 0.3) is 5.91 Å². The first-order valence-corrected chi connectivity index (χ1v) is 8.91. The van der Waals surface area contributed by atoms with E-state index in [-0.39, 0.29) is 17.9 Å². The molecule has 1 saturated heterocycles. The molecule has 3 heterocycles. The minimum Gasteiger partial charge on any atom is -0.491 e. The summed E-state index contributed by atoms with van der Waals surface area (Å²) in [5.41, 5.74) is 1.31. The minimum absolute atomic E-state index is 0.00758. The lowest BCUT2D eigenvalue weighted by Crippen LogP contribution is -2.48. The number of rotatable bonds is 5. The van der Waals surface area contributed by atoms with Crippen molar-refractivity contribution in [1.29, 1.82) is 0 Å². The van der Waals surface area contributed by atoms with Crippen molar-refractivity contribution in [2.75, 3.05) is 13.1 Å². The van der Waals surface area contributed by atoms with E-state index in [1.165, 1.54) is 0 Å². The van der Waals surface area contributed by atoms with E-state index in [1.54, 1.807) is 23.2 Å². The molecular weight excluding hydrogens is 344 g/mol. The summed E-state index contributed by atoms with van der Waals surface area (Å²) >= 11 is 0. The van der Waals surface area contributed by atoms with Crippen LogP contribution in [-0.4, -0.2) is 45.1 Å². The van der Waals surface area contributed by atoms with Crippen molar-refractivity contribution in [2.24, 2.45) is 0 Å². The summed E-state index contributed by atoms with van der Waals surface area (Å²) in [5.74, 6) is 1.82. The van der Waals surface area contributed by atoms with Gasteiger partial charge in [-0.1, -0.05) is 11.2 Å². The lowest BCUT2D eigenvalue weighted by Gasteiger charge is -2.37. The number of ether oxygens (including phenoxy) is 1. The highest BCUT2D eigenvalue weighted by Crippen LogP contribution is 2.28. The molecule has 0 aliphatic carbocycles. The molecule has 1 aliphatic heterocycles. The smallest absolute Gasteiger partial charge is 0.253 e. The van der Waals surface area contributed by atoms with Crippen molar-refractivity contribution < 1.29 is 14.1 Å². The molecule has 0 atom stereocenters. The normalized spacial score (nSPS) is 14.3. The summed E-state index contributed by atoms with van der Waals surface area (Å²) in [6.45, 7) is 5.06. The summed E-state index contributed by atoms with van der Waals surface area (Å²) in [7, 11) is 0. The predicted molar refractivity (Wildman–Crippen MR) is 98.4 cm³/mol. The fourth-order valence-corrected chi connectivity index (χ4v) is 2.93. The third-order valence-electron chi connectivity index (χ3n) is 4.33. The van der Waals surface area contributed by atoms with Gasteiger partial charge >= 0.3 is 0 Å². The van der Waals surface area contributed by atoms with Gasteiger partial charge in [0.05, 0.1) is 12.0 Å². The third-order valence-corrected chi connectivity index (χ3v) is 4.33. The summed E-state index contributed by atoms with van der Waals surface area (Å²) in [4.78, 5) is 23.0. The Labute approximate surface area is 157 Å². The SMILES string of the molecule is CC(C)Oc1ccc(C(=O)N2CC(c3nc(-c4ccccn4)no3)C2)cc1. The van der Waals surface area contributed by atoms with Gasteiger partial charge in [0.1, 0.15) is 11.4 Å². The molecule has 4 rings (SSSR count). The Bertz CT molecular complexity index is 916. The highest BCUT2D eigenvalue weighted by atomic mass is 16.5. The van der Waals surface area contributed by atoms with Crippen molar-refractivity contribution in [2.45, 2.75) is 25.9 Å². The van der Waals surface area contributed by atoms with Gasteiger partial charge < -0.3 is 14.2 Å². The second-order valence-corrected chi connectivity index (χ2v) is 6.77. The van der Waals surface area contributed by atoms with Gasteiger partial charge in [0, 0.05) is 24.8 Å². The first-order valence-electron chi connectivity index (χ1n) is 8.91. The van der Waals surface area contributed by atoms with Crippen molar-refractivity contribution in [1.82, 2.24) is 20.0 Å². The summed E-state index contributed by atoms with van der Waals surface area (Å²) in [6, 6.07) is 12.8. The van der Waals surface area contributed by atoms with Crippen molar-refractivity contribution >= 4 is 5.91 Å². The van der Waals surface area contributed by atoms with Crippen LogP contribution in [0.4, 0.5) is 0 Å². The highest BCUT2D eigenvalue weighted by Gasteiger charge is 2.36. The number of amides is 1. The van der Waals surface area contributed by atoms with Crippen LogP contribution >= 0.6 is 0 Å². The molecule has 1 fully saturated rings. The molecule has 3 aromatic rings. The van der Waals surface area contributed by atoms with Crippen LogP contribution < -0.4 is 4.74 Å². The summed E-state index contributed by atoms with van der Waals surface area (Å²) in [6.07, 6.45) is 1.79. The maximum atomic E-state index is 12.6. The van der Waals surface area contributed by atoms with E-state index < -0.39 is 0 Å². The van der Waals surface area contributed by atoms with Gasteiger partial charge in [-0.05, 0) is 50.2 Å². The molecule has 0 saturated carbocycles. The fourth-order valence-electron chi connectivity index (χ4n) is 2.93. The van der Waals surface area contributed by atoms with Gasteiger partial charge in [-0.2, -0.15) is 4.98 Å². The van der Waals surface area contributed by atoms with E-state index >= 15 is 0 Å². The second-order valence-electron chi connectivity index (χ2n) is 6.77. The minimum atomic E-state index is -0.00758. The fraction of sp³-hybridized carbons (Fsp3) is 0.300. The van der Waals surface area contributed by atoms with Gasteiger partial charge in [-0.25, -0.2) is 0 Å². The Morgan fingerprint density at radius 1 is 1.19 bits per heavy atom. The molecule has 1 aromatic carbocycles. The average molecular weight is 364 g/mol. The monoisotopic (exact) mass is 364 g/mol. The molecule has 0 bridgehead atoms. The topological polar surface area (TPSA) is 81.4 Å². The number of carbonyl (C=O) groups is 1. The Kier molecular flexibility index (Phi) is 4.58. The molecule has 2 aromatic heterocycles. The molecule has 0 spiro atoms. The molecule has 1 amide bonds. The van der Waals surface area contributed by atoms with Crippen LogP contribution in [0.3, 0.4) is 0 Å². The van der Waals surface area contributed by atoms with Crippen LogP contribution in [-0.2, 0) is 0 Å². The summed E-state index contributed by atoms with van der Waals surface area (Å²) < 4.78 is 11.0. The van der Waals surface area contributed by atoms with E-state index in [1.807, 2.05) is 44.2 Å². The zero-order chi connectivity index (χ0) is 18.8. The zero-order valence-electron chi connectivity index (χ0n) is 15.2. The molecule has 0 unspecified atom stereocenters. The van der Waals surface area contributed by atoms with E-state index in [2.05, 4.69) is 15.1 Å². The maximum absolute atomic E-state index is 12.6. The van der Waals surface area contributed by atoms with Crippen LogP contribution in [0.25, 0.3) is 11.5 Å². The molecule has 0 radical (unpaired) electrons. The van der Waals surface area contributed by atoms with Crippen LogP contribution in [0.5, 0.6) is 5.75 Å². The molecule has 138 valence electrons. The lowest BCUT2D eigenvalue weighted by molar-refractivity contribution is 0.0569. The molecule has 0 N–H and O–H groups in total. The number of hydrogen-bond donors (Lipinski definition) is 0. The first kappa shape index (κ1) is 17.2. The Hall–Kier alpha value is -3.22. The third kappa shape index (κ3) is 3.67. The number of hydrogen-bond acceptors (Lipinski definition) is 6. The standard InChI is InChI=1S/C20H20N4O3/c1-13(2)26-16-8-6-14(7-9-16)20(25)24-11-15(12-24)19-22-18(23-27-19)17-5-3-4-10-21-17/h3-10,13,15H,11-12H2,1-2H3. The maximum Gasteiger partial charge on any atom is 0.253 e. The number of aromatic nitrogens is 3. The predicted octanol–water partition coefficient (Wildman–Crippen LogP) is 3.16. The van der Waals surface area contributed by atoms with Crippen LogP contribution in [0.2, 0.25) is 0 Å². The number of benzene rings is 1. The molecule has 7 nitrogen and oxygen atoms in total. The van der Waals surface area contributed by atoms with E-state index in [0.29, 0.717) is 36.1 Å². The van der Waals surface area contributed by atoms with Crippen molar-refractivity contribution in [3.05, 3.63) is 60.1 Å². The molecular formula is C20H20N4O3. The first-order chi connectivity index (χ1) is 13.1. The quantitative estimate of drug-likeness (QED) is 0.692. The number of likely N-dealkylation sites (tertiary alicyclic amines) is 1. The summed E-state index contributed by atoms with van der Waals surface area (Å²) in [5, 5.41) is 3.98. The Morgan fingerprint density at radius 2 is 1.96 bits per heavy atom. The largest absolute Gasteiger partial charge is 0.491 e. The Balaban J connectivity index is 1.36. The Morgan fingerprint density at radius 3 is 2.63 bits per heavy atom. The highest BCUT2D eigenvalue weighted by molar-refractivity contribution is 5.95. The number of carbonyl (C=O) groups excluding carboxylic acids is 1. The van der Waals surface area contributed by atoms with Gasteiger partial charge in [0.2, 0.25) is 11.7 Å². The van der Waals surface area contributed by atoms with Gasteiger partial charge in [0.15, 0.2) is 0 Å². The molecule has 1 aliphatic rings. The van der Waals surface area contributed by atoms with Crippen LogP contribution in [0.15, 0.2) is 53.2 Å². The lowest BCUT2D eigenvalue weighted by atomic mass is 9.98. The van der Waals surface area contributed by atoms with Gasteiger partial charge in [-0.3, -0.25) is 9.78 Å². The number of nitrogens with zero attached hydrogens (tertiary/aromatic N) is 4. The zero-order valence-corrected chi connectivity index (χ0v) is 15.2. The van der Waals surface area contributed by atoms with Gasteiger partial charge in [-0.15, -0.1) is 0 Å².